The predicted octanol–water partition coefficient (Wildman–Crippen LogP) is -0.0900. The molecule has 1 aromatic heterocycles. The van der Waals surface area contributed by atoms with Crippen LogP contribution in [0.25, 0.3) is 10.9 Å². The van der Waals surface area contributed by atoms with Crippen LogP contribution in [0.4, 0.5) is 0 Å². The number of fused-ring (bicyclic) bond motifs is 1. The minimum atomic E-state index is -0.0296. The molecule has 1 fully saturated rings. The second-order valence-electron chi connectivity index (χ2n) is 7.92. The number of piperazine rings is 1. The number of aromatic amines is 1. The minimum absolute atomic E-state index is 0.0296. The number of para-hydroxylation sites is 1. The van der Waals surface area contributed by atoms with Gasteiger partial charge in [-0.25, -0.2) is 5.43 Å². The molecule has 4 N–H and O–H groups in total. The summed E-state index contributed by atoms with van der Waals surface area (Å²) in [5, 5.41) is 5.24. The number of benzene rings is 2. The van der Waals surface area contributed by atoms with Gasteiger partial charge in [0.15, 0.2) is 6.54 Å². The molecule has 0 unspecified atom stereocenters. The molecular weight excluding hydrogens is 362 g/mol. The SMILES string of the molecule is Cc1ccc(C[NH+]2CC[NH+](CC(=O)N/N=C/c3c[nH]c4ccccc34)CC2)cc1. The van der Waals surface area contributed by atoms with Crippen molar-refractivity contribution < 1.29 is 14.6 Å². The quantitative estimate of drug-likeness (QED) is 0.344. The Bertz CT molecular complexity index is 984. The van der Waals surface area contributed by atoms with Gasteiger partial charge in [-0.15, -0.1) is 0 Å². The first-order valence-electron chi connectivity index (χ1n) is 10.3. The summed E-state index contributed by atoms with van der Waals surface area (Å²) in [5.41, 5.74) is 7.41. The molecular formula is C23H29N5O+2. The maximum Gasteiger partial charge on any atom is 0.295 e. The number of aryl methyl sites for hydroxylation is 1. The first-order valence-corrected chi connectivity index (χ1v) is 10.3. The van der Waals surface area contributed by atoms with Gasteiger partial charge in [-0.1, -0.05) is 48.0 Å². The molecule has 0 saturated carbocycles. The molecule has 1 amide bonds. The number of carbonyl (C=O) groups excluding carboxylic acids is 1. The number of amides is 1. The summed E-state index contributed by atoms with van der Waals surface area (Å²) >= 11 is 0. The molecule has 1 aliphatic rings. The highest BCUT2D eigenvalue weighted by atomic mass is 16.2. The molecule has 4 rings (SSSR count). The second kappa shape index (κ2) is 9.03. The Balaban J connectivity index is 1.21. The Kier molecular flexibility index (Phi) is 6.03. The van der Waals surface area contributed by atoms with Crippen molar-refractivity contribution in [3.05, 3.63) is 71.4 Å². The van der Waals surface area contributed by atoms with Crippen LogP contribution in [0.5, 0.6) is 0 Å². The number of hydrogen-bond donors (Lipinski definition) is 4. The van der Waals surface area contributed by atoms with Gasteiger partial charge in [-0.3, -0.25) is 4.79 Å². The number of hydrogen-bond acceptors (Lipinski definition) is 2. The molecule has 6 heteroatoms. The van der Waals surface area contributed by atoms with Crippen molar-refractivity contribution in [1.82, 2.24) is 10.4 Å². The summed E-state index contributed by atoms with van der Waals surface area (Å²) in [4.78, 5) is 18.4. The van der Waals surface area contributed by atoms with Crippen LogP contribution in [0.15, 0.2) is 59.8 Å². The van der Waals surface area contributed by atoms with Gasteiger partial charge in [0.25, 0.3) is 5.91 Å². The highest BCUT2D eigenvalue weighted by Gasteiger charge is 2.24. The second-order valence-corrected chi connectivity index (χ2v) is 7.92. The molecule has 3 aromatic rings. The summed E-state index contributed by atoms with van der Waals surface area (Å²) in [7, 11) is 0. The van der Waals surface area contributed by atoms with E-state index in [-0.39, 0.29) is 5.91 Å². The monoisotopic (exact) mass is 391 g/mol. The van der Waals surface area contributed by atoms with Gasteiger partial charge in [0.2, 0.25) is 0 Å². The molecule has 0 atom stereocenters. The van der Waals surface area contributed by atoms with E-state index in [1.54, 1.807) is 11.1 Å². The molecule has 29 heavy (non-hydrogen) atoms. The zero-order chi connectivity index (χ0) is 20.1. The van der Waals surface area contributed by atoms with Crippen LogP contribution in [0.2, 0.25) is 0 Å². The predicted molar refractivity (Wildman–Crippen MR) is 115 cm³/mol. The van der Waals surface area contributed by atoms with Gasteiger partial charge in [0.05, 0.1) is 6.21 Å². The third-order valence-corrected chi connectivity index (χ3v) is 5.66. The molecule has 150 valence electrons. The van der Waals surface area contributed by atoms with Gasteiger partial charge < -0.3 is 14.8 Å². The van der Waals surface area contributed by atoms with Crippen molar-refractivity contribution in [2.24, 2.45) is 5.10 Å². The normalized spacial score (nSPS) is 19.6. The van der Waals surface area contributed by atoms with E-state index >= 15 is 0 Å². The lowest BCUT2D eigenvalue weighted by Crippen LogP contribution is -3.28. The number of quaternary nitrogens is 2. The first kappa shape index (κ1) is 19.4. The Labute approximate surface area is 171 Å². The first-order chi connectivity index (χ1) is 14.2. The summed E-state index contributed by atoms with van der Waals surface area (Å²) in [5.74, 6) is -0.0296. The fourth-order valence-corrected chi connectivity index (χ4v) is 3.95. The zero-order valence-corrected chi connectivity index (χ0v) is 16.9. The fraction of sp³-hybridized carbons (Fsp3) is 0.304. The van der Waals surface area contributed by atoms with Gasteiger partial charge in [0, 0.05) is 28.2 Å². The van der Waals surface area contributed by atoms with E-state index in [9.17, 15) is 4.79 Å². The van der Waals surface area contributed by atoms with E-state index in [0.717, 1.165) is 49.2 Å². The maximum atomic E-state index is 12.2. The summed E-state index contributed by atoms with van der Waals surface area (Å²) in [6.45, 7) is 7.87. The van der Waals surface area contributed by atoms with Gasteiger partial charge in [0.1, 0.15) is 32.7 Å². The molecule has 0 radical (unpaired) electrons. The Morgan fingerprint density at radius 3 is 2.59 bits per heavy atom. The van der Waals surface area contributed by atoms with E-state index < -0.39 is 0 Å². The van der Waals surface area contributed by atoms with Crippen molar-refractivity contribution in [1.29, 1.82) is 0 Å². The number of hydrazone groups is 1. The lowest BCUT2D eigenvalue weighted by atomic mass is 10.1. The minimum Gasteiger partial charge on any atom is -0.361 e. The van der Waals surface area contributed by atoms with Crippen molar-refractivity contribution in [2.75, 3.05) is 32.7 Å². The van der Waals surface area contributed by atoms with Crippen LogP contribution in [0, 0.1) is 6.92 Å². The van der Waals surface area contributed by atoms with Crippen molar-refractivity contribution in [3.8, 4) is 0 Å². The van der Waals surface area contributed by atoms with Crippen LogP contribution < -0.4 is 15.2 Å². The van der Waals surface area contributed by atoms with E-state index in [1.807, 2.05) is 30.5 Å². The van der Waals surface area contributed by atoms with Crippen molar-refractivity contribution in [2.45, 2.75) is 13.5 Å². The Morgan fingerprint density at radius 2 is 1.79 bits per heavy atom. The molecule has 0 bridgehead atoms. The van der Waals surface area contributed by atoms with E-state index in [4.69, 9.17) is 0 Å². The highest BCUT2D eigenvalue weighted by Crippen LogP contribution is 2.15. The summed E-state index contributed by atoms with van der Waals surface area (Å²) in [6, 6.07) is 16.9. The summed E-state index contributed by atoms with van der Waals surface area (Å²) < 4.78 is 0. The van der Waals surface area contributed by atoms with Crippen LogP contribution in [-0.2, 0) is 11.3 Å². The molecule has 0 spiro atoms. The van der Waals surface area contributed by atoms with Crippen LogP contribution in [0.1, 0.15) is 16.7 Å². The molecule has 2 heterocycles. The van der Waals surface area contributed by atoms with Crippen molar-refractivity contribution in [3.63, 3.8) is 0 Å². The standard InChI is InChI=1S/C23H27N5O/c1-18-6-8-19(9-7-18)16-27-10-12-28(13-11-27)17-23(29)26-25-15-20-14-24-22-5-3-2-4-21(20)22/h2-9,14-15,24H,10-13,16-17H2,1H3,(H,26,29)/p+2/b25-15+. The Morgan fingerprint density at radius 1 is 1.07 bits per heavy atom. The zero-order valence-electron chi connectivity index (χ0n) is 16.9. The van der Waals surface area contributed by atoms with E-state index in [0.29, 0.717) is 6.54 Å². The van der Waals surface area contributed by atoms with Crippen LogP contribution in [0.3, 0.4) is 0 Å². The smallest absolute Gasteiger partial charge is 0.295 e. The molecule has 2 aromatic carbocycles. The van der Waals surface area contributed by atoms with Gasteiger partial charge in [-0.05, 0) is 13.0 Å². The lowest BCUT2D eigenvalue weighted by molar-refractivity contribution is -1.02. The fourth-order valence-electron chi connectivity index (χ4n) is 3.95. The third-order valence-electron chi connectivity index (χ3n) is 5.66. The number of nitrogens with one attached hydrogen (secondary N) is 4. The van der Waals surface area contributed by atoms with Gasteiger partial charge in [-0.2, -0.15) is 5.10 Å². The molecule has 0 aliphatic carbocycles. The highest BCUT2D eigenvalue weighted by molar-refractivity contribution is 5.99. The average Bonchev–Trinajstić information content (AvgIpc) is 3.14. The topological polar surface area (TPSA) is 66.1 Å². The number of nitrogens with zero attached hydrogens (tertiary/aromatic N) is 1. The average molecular weight is 392 g/mol. The summed E-state index contributed by atoms with van der Waals surface area (Å²) in [6.07, 6.45) is 3.61. The third kappa shape index (κ3) is 5.10. The van der Waals surface area contributed by atoms with E-state index in [1.165, 1.54) is 16.0 Å². The van der Waals surface area contributed by atoms with Crippen LogP contribution >= 0.6 is 0 Å². The van der Waals surface area contributed by atoms with E-state index in [2.05, 4.69) is 46.7 Å². The Hall–Kier alpha value is -2.96. The largest absolute Gasteiger partial charge is 0.361 e. The molecule has 6 nitrogen and oxygen atoms in total. The maximum absolute atomic E-state index is 12.2. The van der Waals surface area contributed by atoms with Gasteiger partial charge >= 0.3 is 0 Å². The van der Waals surface area contributed by atoms with Crippen molar-refractivity contribution >= 4 is 23.0 Å². The lowest BCUT2D eigenvalue weighted by Gasteiger charge is -2.29. The number of carbonyl (C=O) groups is 1. The van der Waals surface area contributed by atoms with Crippen LogP contribution in [-0.4, -0.2) is 49.8 Å². The molecule has 1 aliphatic heterocycles. The number of rotatable bonds is 6. The number of aromatic nitrogens is 1. The molecule has 1 saturated heterocycles. The number of H-pyrrole nitrogens is 1.